The van der Waals surface area contributed by atoms with Gasteiger partial charge in [0, 0.05) is 18.2 Å². The van der Waals surface area contributed by atoms with E-state index in [0.29, 0.717) is 12.0 Å². The van der Waals surface area contributed by atoms with Crippen LogP contribution in [-0.4, -0.2) is 18.1 Å². The number of nitrogens with zero attached hydrogens (tertiary/aromatic N) is 3. The Kier molecular flexibility index (Phi) is 4.65. The maximum Gasteiger partial charge on any atom is 0.305 e. The number of hydrogen-bond acceptors (Lipinski definition) is 5. The van der Waals surface area contributed by atoms with Crippen LogP contribution in [0.4, 0.5) is 0 Å². The van der Waals surface area contributed by atoms with Crippen LogP contribution in [0.15, 0.2) is 18.3 Å². The summed E-state index contributed by atoms with van der Waals surface area (Å²) in [4.78, 5) is 14.9. The van der Waals surface area contributed by atoms with Crippen LogP contribution in [0, 0.1) is 22.7 Å². The second kappa shape index (κ2) is 6.24. The third kappa shape index (κ3) is 3.29. The minimum Gasteiger partial charge on any atom is -0.469 e. The second-order valence-corrected chi connectivity index (χ2v) is 3.35. The average Bonchev–Trinajstić information content (AvgIpc) is 2.39. The minimum absolute atomic E-state index is 0.147. The third-order valence-corrected chi connectivity index (χ3v) is 2.34. The molecule has 5 nitrogen and oxygen atoms in total. The second-order valence-electron chi connectivity index (χ2n) is 3.35. The monoisotopic (exact) mass is 229 g/mol. The zero-order valence-corrected chi connectivity index (χ0v) is 9.38. The van der Waals surface area contributed by atoms with Crippen molar-refractivity contribution >= 4 is 5.97 Å². The van der Waals surface area contributed by atoms with Gasteiger partial charge in [-0.15, -0.1) is 0 Å². The zero-order chi connectivity index (χ0) is 12.7. The largest absolute Gasteiger partial charge is 0.469 e. The molecule has 5 heteroatoms. The van der Waals surface area contributed by atoms with Gasteiger partial charge in [-0.3, -0.25) is 4.79 Å². The van der Waals surface area contributed by atoms with E-state index in [-0.39, 0.29) is 18.1 Å². The lowest BCUT2D eigenvalue weighted by Crippen LogP contribution is -2.06. The molecule has 0 aromatic carbocycles. The number of carbonyl (C=O) groups excluding carboxylic acids is 1. The van der Waals surface area contributed by atoms with Crippen LogP contribution >= 0.6 is 0 Å². The standard InChI is InChI=1S/C12H11N3O2/c1-17-12(16)5-4-9(7-13)10-3-2-6-15-11(10)8-14/h2-3,6,9H,4-5H2,1H3. The molecule has 86 valence electrons. The maximum atomic E-state index is 11.0. The Hall–Kier alpha value is -2.40. The van der Waals surface area contributed by atoms with Gasteiger partial charge in [-0.2, -0.15) is 10.5 Å². The Bertz CT molecular complexity index is 485. The first kappa shape index (κ1) is 12.7. The minimum atomic E-state index is -0.516. The molecular weight excluding hydrogens is 218 g/mol. The van der Waals surface area contributed by atoms with Gasteiger partial charge in [0.2, 0.25) is 0 Å². The Morgan fingerprint density at radius 3 is 2.94 bits per heavy atom. The molecule has 0 aliphatic heterocycles. The molecular formula is C12H11N3O2. The molecule has 0 radical (unpaired) electrons. The summed E-state index contributed by atoms with van der Waals surface area (Å²) in [5, 5.41) is 17.9. The summed E-state index contributed by atoms with van der Waals surface area (Å²) < 4.78 is 4.51. The average molecular weight is 229 g/mol. The van der Waals surface area contributed by atoms with E-state index in [2.05, 4.69) is 15.8 Å². The van der Waals surface area contributed by atoms with Crippen LogP contribution in [0.3, 0.4) is 0 Å². The SMILES string of the molecule is COC(=O)CCC(C#N)c1cccnc1C#N. The maximum absolute atomic E-state index is 11.0. The van der Waals surface area contributed by atoms with E-state index >= 15 is 0 Å². The van der Waals surface area contributed by atoms with Gasteiger partial charge in [0.25, 0.3) is 0 Å². The van der Waals surface area contributed by atoms with E-state index in [9.17, 15) is 4.79 Å². The van der Waals surface area contributed by atoms with Crippen LogP contribution in [0.5, 0.6) is 0 Å². The fraction of sp³-hybridized carbons (Fsp3) is 0.333. The van der Waals surface area contributed by atoms with Crippen molar-refractivity contribution in [2.45, 2.75) is 18.8 Å². The molecule has 1 unspecified atom stereocenters. The molecule has 0 aliphatic carbocycles. The van der Waals surface area contributed by atoms with Crippen molar-refractivity contribution in [2.75, 3.05) is 7.11 Å². The Morgan fingerprint density at radius 1 is 1.59 bits per heavy atom. The van der Waals surface area contributed by atoms with Crippen molar-refractivity contribution in [1.82, 2.24) is 4.98 Å². The molecule has 0 N–H and O–H groups in total. The molecule has 1 aromatic rings. The summed E-state index contributed by atoms with van der Waals surface area (Å²) in [5.74, 6) is -0.884. The number of carbonyl (C=O) groups is 1. The van der Waals surface area contributed by atoms with Gasteiger partial charge in [-0.25, -0.2) is 4.98 Å². The third-order valence-electron chi connectivity index (χ3n) is 2.34. The van der Waals surface area contributed by atoms with Gasteiger partial charge >= 0.3 is 5.97 Å². The van der Waals surface area contributed by atoms with Gasteiger partial charge in [-0.05, 0) is 12.5 Å². The van der Waals surface area contributed by atoms with Gasteiger partial charge in [-0.1, -0.05) is 6.07 Å². The highest BCUT2D eigenvalue weighted by atomic mass is 16.5. The van der Waals surface area contributed by atoms with Gasteiger partial charge in [0.1, 0.15) is 11.8 Å². The lowest BCUT2D eigenvalue weighted by atomic mass is 9.94. The summed E-state index contributed by atoms with van der Waals surface area (Å²) in [6.45, 7) is 0. The molecule has 1 rings (SSSR count). The quantitative estimate of drug-likeness (QED) is 0.730. The number of ether oxygens (including phenoxy) is 1. The number of esters is 1. The number of rotatable bonds is 4. The zero-order valence-electron chi connectivity index (χ0n) is 9.38. The van der Waals surface area contributed by atoms with Crippen LogP contribution in [0.25, 0.3) is 0 Å². The number of nitriles is 2. The predicted octanol–water partition coefficient (Wildman–Crippen LogP) is 1.51. The highest BCUT2D eigenvalue weighted by molar-refractivity contribution is 5.69. The molecule has 0 amide bonds. The van der Waals surface area contributed by atoms with Crippen molar-refractivity contribution < 1.29 is 9.53 Å². The number of aromatic nitrogens is 1. The first-order valence-corrected chi connectivity index (χ1v) is 5.04. The topological polar surface area (TPSA) is 86.8 Å². The fourth-order valence-corrected chi connectivity index (χ4v) is 1.45. The molecule has 0 saturated carbocycles. The summed E-state index contributed by atoms with van der Waals surface area (Å²) in [6, 6.07) is 7.35. The number of pyridine rings is 1. The molecule has 0 aliphatic rings. The van der Waals surface area contributed by atoms with E-state index in [0.717, 1.165) is 0 Å². The first-order valence-electron chi connectivity index (χ1n) is 5.04. The molecule has 17 heavy (non-hydrogen) atoms. The summed E-state index contributed by atoms with van der Waals surface area (Å²) in [7, 11) is 1.30. The molecule has 1 aromatic heterocycles. The predicted molar refractivity (Wildman–Crippen MR) is 58.6 cm³/mol. The van der Waals surface area contributed by atoms with Crippen molar-refractivity contribution in [2.24, 2.45) is 0 Å². The Labute approximate surface area is 99.3 Å². The van der Waals surface area contributed by atoms with E-state index < -0.39 is 5.92 Å². The van der Waals surface area contributed by atoms with Crippen molar-refractivity contribution in [1.29, 1.82) is 10.5 Å². The summed E-state index contributed by atoms with van der Waals surface area (Å²) in [6.07, 6.45) is 1.97. The smallest absolute Gasteiger partial charge is 0.305 e. The lowest BCUT2D eigenvalue weighted by molar-refractivity contribution is -0.140. The number of hydrogen-bond donors (Lipinski definition) is 0. The highest BCUT2D eigenvalue weighted by Gasteiger charge is 2.17. The molecule has 0 fully saturated rings. The highest BCUT2D eigenvalue weighted by Crippen LogP contribution is 2.22. The first-order chi connectivity index (χ1) is 8.22. The van der Waals surface area contributed by atoms with E-state index in [1.165, 1.54) is 13.3 Å². The van der Waals surface area contributed by atoms with Crippen molar-refractivity contribution in [3.63, 3.8) is 0 Å². The molecule has 0 saturated heterocycles. The van der Waals surface area contributed by atoms with Crippen LogP contribution in [0.1, 0.15) is 30.0 Å². The van der Waals surface area contributed by atoms with Gasteiger partial charge in [0.05, 0.1) is 19.1 Å². The van der Waals surface area contributed by atoms with E-state index in [4.69, 9.17) is 10.5 Å². The Balaban J connectivity index is 2.85. The summed E-state index contributed by atoms with van der Waals surface area (Å²) in [5.41, 5.74) is 0.783. The number of methoxy groups -OCH3 is 1. The molecule has 0 spiro atoms. The fourth-order valence-electron chi connectivity index (χ4n) is 1.45. The van der Waals surface area contributed by atoms with Crippen LogP contribution < -0.4 is 0 Å². The Morgan fingerprint density at radius 2 is 2.35 bits per heavy atom. The van der Waals surface area contributed by atoms with Gasteiger partial charge < -0.3 is 4.74 Å². The lowest BCUT2D eigenvalue weighted by Gasteiger charge is -2.09. The summed E-state index contributed by atoms with van der Waals surface area (Å²) >= 11 is 0. The van der Waals surface area contributed by atoms with Crippen LogP contribution in [0.2, 0.25) is 0 Å². The molecule has 0 bridgehead atoms. The van der Waals surface area contributed by atoms with Gasteiger partial charge in [0.15, 0.2) is 0 Å². The van der Waals surface area contributed by atoms with Crippen molar-refractivity contribution in [3.8, 4) is 12.1 Å². The van der Waals surface area contributed by atoms with Crippen LogP contribution in [-0.2, 0) is 9.53 Å². The molecule has 1 heterocycles. The normalized spacial score (nSPS) is 11.0. The van der Waals surface area contributed by atoms with E-state index in [1.807, 2.05) is 6.07 Å². The van der Waals surface area contributed by atoms with Crippen molar-refractivity contribution in [3.05, 3.63) is 29.6 Å². The molecule has 1 atom stereocenters. The van der Waals surface area contributed by atoms with E-state index in [1.54, 1.807) is 12.1 Å².